The highest BCUT2D eigenvalue weighted by atomic mass is 32.2. The molecule has 1 atom stereocenters. The number of rotatable bonds is 7. The molecule has 1 aliphatic heterocycles. The zero-order valence-corrected chi connectivity index (χ0v) is 12.7. The van der Waals surface area contributed by atoms with Gasteiger partial charge in [-0.15, -0.1) is 11.8 Å². The van der Waals surface area contributed by atoms with Crippen molar-refractivity contribution in [2.24, 2.45) is 5.92 Å². The van der Waals surface area contributed by atoms with Gasteiger partial charge < -0.3 is 9.64 Å². The van der Waals surface area contributed by atoms with Crippen molar-refractivity contribution in [3.63, 3.8) is 0 Å². The highest BCUT2D eigenvalue weighted by Gasteiger charge is 2.16. The van der Waals surface area contributed by atoms with Gasteiger partial charge in [0.25, 0.3) is 0 Å². The number of thioether (sulfide) groups is 1. The molecule has 0 saturated carbocycles. The zero-order valence-electron chi connectivity index (χ0n) is 11.9. The van der Waals surface area contributed by atoms with Crippen molar-refractivity contribution in [3.05, 3.63) is 30.3 Å². The van der Waals surface area contributed by atoms with E-state index in [0.717, 1.165) is 25.7 Å². The van der Waals surface area contributed by atoms with Crippen LogP contribution in [0.1, 0.15) is 19.8 Å². The first-order valence-electron chi connectivity index (χ1n) is 7.36. The van der Waals surface area contributed by atoms with E-state index in [1.807, 2.05) is 11.8 Å². The fourth-order valence-corrected chi connectivity index (χ4v) is 3.44. The largest absolute Gasteiger partial charge is 0.381 e. The fourth-order valence-electron chi connectivity index (χ4n) is 2.50. The summed E-state index contributed by atoms with van der Waals surface area (Å²) in [6.07, 6.45) is 2.57. The van der Waals surface area contributed by atoms with Crippen LogP contribution < -0.4 is 0 Å². The molecule has 0 amide bonds. The van der Waals surface area contributed by atoms with Gasteiger partial charge in [0.2, 0.25) is 0 Å². The summed E-state index contributed by atoms with van der Waals surface area (Å²) < 4.78 is 5.57. The minimum absolute atomic E-state index is 0.746. The molecule has 0 radical (unpaired) electrons. The third-order valence-corrected chi connectivity index (χ3v) is 4.63. The van der Waals surface area contributed by atoms with Gasteiger partial charge in [-0.3, -0.25) is 0 Å². The summed E-state index contributed by atoms with van der Waals surface area (Å²) in [7, 11) is 0. The van der Waals surface area contributed by atoms with Gasteiger partial charge in [-0.25, -0.2) is 0 Å². The maximum Gasteiger partial charge on any atom is 0.0506 e. The standard InChI is InChI=1S/C16H25NOS/c1-2-17(13-15-7-6-11-18-14-15)10-12-19-16-8-4-3-5-9-16/h3-5,8-9,15H,2,6-7,10-14H2,1H3/t15-/m1/s1. The lowest BCUT2D eigenvalue weighted by Gasteiger charge is -2.28. The molecule has 19 heavy (non-hydrogen) atoms. The van der Waals surface area contributed by atoms with Gasteiger partial charge in [-0.1, -0.05) is 25.1 Å². The molecule has 1 aromatic rings. The molecule has 2 rings (SSSR count). The average Bonchev–Trinajstić information content (AvgIpc) is 2.48. The van der Waals surface area contributed by atoms with Crippen LogP contribution in [-0.4, -0.2) is 43.5 Å². The monoisotopic (exact) mass is 279 g/mol. The van der Waals surface area contributed by atoms with Crippen LogP contribution in [0.3, 0.4) is 0 Å². The lowest BCUT2D eigenvalue weighted by Crippen LogP contribution is -2.34. The predicted molar refractivity (Wildman–Crippen MR) is 82.8 cm³/mol. The van der Waals surface area contributed by atoms with E-state index < -0.39 is 0 Å². The van der Waals surface area contributed by atoms with Crippen molar-refractivity contribution >= 4 is 11.8 Å². The quantitative estimate of drug-likeness (QED) is 0.709. The third-order valence-electron chi connectivity index (χ3n) is 3.64. The predicted octanol–water partition coefficient (Wildman–Crippen LogP) is 3.53. The molecule has 0 aromatic heterocycles. The normalized spacial score (nSPS) is 19.8. The Bertz CT molecular complexity index is 338. The maximum absolute atomic E-state index is 5.57. The Morgan fingerprint density at radius 2 is 2.16 bits per heavy atom. The van der Waals surface area contributed by atoms with Crippen molar-refractivity contribution in [2.45, 2.75) is 24.7 Å². The van der Waals surface area contributed by atoms with Crippen LogP contribution in [0.2, 0.25) is 0 Å². The first-order chi connectivity index (χ1) is 9.38. The Labute approximate surface area is 121 Å². The van der Waals surface area contributed by atoms with Crippen LogP contribution in [0.4, 0.5) is 0 Å². The van der Waals surface area contributed by atoms with Gasteiger partial charge in [0.15, 0.2) is 0 Å². The molecule has 0 N–H and O–H groups in total. The second-order valence-electron chi connectivity index (χ2n) is 5.14. The van der Waals surface area contributed by atoms with Crippen LogP contribution in [0.5, 0.6) is 0 Å². The molecule has 0 aliphatic carbocycles. The van der Waals surface area contributed by atoms with Crippen molar-refractivity contribution in [3.8, 4) is 0 Å². The zero-order chi connectivity index (χ0) is 13.3. The summed E-state index contributed by atoms with van der Waals surface area (Å²) in [5.74, 6) is 1.92. The molecule has 1 fully saturated rings. The van der Waals surface area contributed by atoms with E-state index in [1.54, 1.807) is 0 Å². The SMILES string of the molecule is CCN(CCSc1ccccc1)C[C@H]1CCCOC1. The summed E-state index contributed by atoms with van der Waals surface area (Å²) in [5, 5.41) is 0. The van der Waals surface area contributed by atoms with Crippen molar-refractivity contribution in [1.82, 2.24) is 4.90 Å². The van der Waals surface area contributed by atoms with Gasteiger partial charge in [-0.2, -0.15) is 0 Å². The van der Waals surface area contributed by atoms with Crippen molar-refractivity contribution in [1.29, 1.82) is 0 Å². The van der Waals surface area contributed by atoms with Crippen LogP contribution in [0, 0.1) is 5.92 Å². The molecule has 0 unspecified atom stereocenters. The Balaban J connectivity index is 1.67. The summed E-state index contributed by atoms with van der Waals surface area (Å²) >= 11 is 1.95. The summed E-state index contributed by atoms with van der Waals surface area (Å²) in [6, 6.07) is 10.7. The molecular formula is C16H25NOS. The first-order valence-corrected chi connectivity index (χ1v) is 8.35. The van der Waals surface area contributed by atoms with E-state index in [1.165, 1.54) is 36.6 Å². The van der Waals surface area contributed by atoms with Gasteiger partial charge in [0.1, 0.15) is 0 Å². The van der Waals surface area contributed by atoms with Crippen LogP contribution in [-0.2, 0) is 4.74 Å². The number of ether oxygens (including phenoxy) is 1. The molecule has 1 heterocycles. The van der Waals surface area contributed by atoms with E-state index in [-0.39, 0.29) is 0 Å². The molecule has 0 bridgehead atoms. The van der Waals surface area contributed by atoms with Gasteiger partial charge in [-0.05, 0) is 37.4 Å². The first kappa shape index (κ1) is 14.9. The average molecular weight is 279 g/mol. The summed E-state index contributed by atoms with van der Waals surface area (Å²) in [6.45, 7) is 7.70. The van der Waals surface area contributed by atoms with Gasteiger partial charge in [0, 0.05) is 30.3 Å². The van der Waals surface area contributed by atoms with Gasteiger partial charge in [0.05, 0.1) is 6.61 Å². The van der Waals surface area contributed by atoms with E-state index in [2.05, 4.69) is 42.2 Å². The second-order valence-corrected chi connectivity index (χ2v) is 6.31. The van der Waals surface area contributed by atoms with E-state index in [9.17, 15) is 0 Å². The second kappa shape index (κ2) is 8.62. The summed E-state index contributed by atoms with van der Waals surface area (Å²) in [4.78, 5) is 3.94. The van der Waals surface area contributed by atoms with E-state index in [4.69, 9.17) is 4.74 Å². The van der Waals surface area contributed by atoms with Crippen LogP contribution in [0.25, 0.3) is 0 Å². The lowest BCUT2D eigenvalue weighted by atomic mass is 10.0. The number of hydrogen-bond donors (Lipinski definition) is 0. The number of benzene rings is 1. The molecule has 106 valence electrons. The molecule has 2 nitrogen and oxygen atoms in total. The molecule has 3 heteroatoms. The third kappa shape index (κ3) is 5.55. The van der Waals surface area contributed by atoms with Crippen molar-refractivity contribution in [2.75, 3.05) is 38.6 Å². The van der Waals surface area contributed by atoms with Crippen LogP contribution >= 0.6 is 11.8 Å². The van der Waals surface area contributed by atoms with E-state index in [0.29, 0.717) is 0 Å². The number of nitrogens with zero attached hydrogens (tertiary/aromatic N) is 1. The Morgan fingerprint density at radius 3 is 2.84 bits per heavy atom. The lowest BCUT2D eigenvalue weighted by molar-refractivity contribution is 0.0401. The minimum Gasteiger partial charge on any atom is -0.381 e. The molecule has 1 aromatic carbocycles. The van der Waals surface area contributed by atoms with Crippen molar-refractivity contribution < 1.29 is 4.74 Å². The smallest absolute Gasteiger partial charge is 0.0506 e. The molecular weight excluding hydrogens is 254 g/mol. The number of hydrogen-bond acceptors (Lipinski definition) is 3. The Morgan fingerprint density at radius 1 is 1.32 bits per heavy atom. The van der Waals surface area contributed by atoms with Crippen LogP contribution in [0.15, 0.2) is 35.2 Å². The maximum atomic E-state index is 5.57. The minimum atomic E-state index is 0.746. The Hall–Kier alpha value is -0.510. The highest BCUT2D eigenvalue weighted by molar-refractivity contribution is 7.99. The fraction of sp³-hybridized carbons (Fsp3) is 0.625. The van der Waals surface area contributed by atoms with Gasteiger partial charge >= 0.3 is 0 Å². The van der Waals surface area contributed by atoms with E-state index >= 15 is 0 Å². The summed E-state index contributed by atoms with van der Waals surface area (Å²) in [5.41, 5.74) is 0. The molecule has 1 aliphatic rings. The Kier molecular flexibility index (Phi) is 6.75. The molecule has 1 saturated heterocycles. The molecule has 0 spiro atoms. The topological polar surface area (TPSA) is 12.5 Å². The highest BCUT2D eigenvalue weighted by Crippen LogP contribution is 2.18.